The molecule has 1 aromatic carbocycles. The van der Waals surface area contributed by atoms with Gasteiger partial charge in [-0.2, -0.15) is 0 Å². The molecule has 3 aliphatic carbocycles. The molecule has 0 saturated heterocycles. The summed E-state index contributed by atoms with van der Waals surface area (Å²) in [7, 11) is 1.74. The van der Waals surface area contributed by atoms with Crippen molar-refractivity contribution in [1.82, 2.24) is 0 Å². The molecule has 2 fully saturated rings. The summed E-state index contributed by atoms with van der Waals surface area (Å²) in [5, 5.41) is 9.18. The SMILES string of the molecule is COC1(C=CC(=O)O)CCC2CC21c1ccc2c(c1)C(C)(C)CCC2(C)C. The average molecular weight is 369 g/mol. The van der Waals surface area contributed by atoms with Crippen LogP contribution in [0.3, 0.4) is 0 Å². The van der Waals surface area contributed by atoms with Crippen molar-refractivity contribution in [1.29, 1.82) is 0 Å². The van der Waals surface area contributed by atoms with Crippen LogP contribution in [0.2, 0.25) is 0 Å². The summed E-state index contributed by atoms with van der Waals surface area (Å²) in [6.07, 6.45) is 8.58. The molecule has 27 heavy (non-hydrogen) atoms. The highest BCUT2D eigenvalue weighted by Gasteiger charge is 2.71. The second-order valence-electron chi connectivity index (χ2n) is 10.2. The van der Waals surface area contributed by atoms with Gasteiger partial charge in [-0.3, -0.25) is 0 Å². The zero-order valence-electron chi connectivity index (χ0n) is 17.3. The Balaban J connectivity index is 1.84. The van der Waals surface area contributed by atoms with E-state index in [4.69, 9.17) is 4.74 Å². The standard InChI is InChI=1S/C24H32O3/c1-21(2)12-13-22(3,4)19-14-16(6-7-18(19)21)24-15-17(24)8-10-23(24,27-5)11-9-20(25)26/h6-7,9,11,14,17H,8,10,12-13,15H2,1-5H3,(H,25,26). The number of rotatable bonds is 4. The van der Waals surface area contributed by atoms with Gasteiger partial charge in [0, 0.05) is 18.6 Å². The lowest BCUT2D eigenvalue weighted by Crippen LogP contribution is -2.41. The van der Waals surface area contributed by atoms with Crippen molar-refractivity contribution >= 4 is 5.97 Å². The van der Waals surface area contributed by atoms with E-state index in [1.807, 2.05) is 6.08 Å². The number of aliphatic carboxylic acids is 1. The molecule has 146 valence electrons. The smallest absolute Gasteiger partial charge is 0.328 e. The Hall–Kier alpha value is -1.61. The van der Waals surface area contributed by atoms with Gasteiger partial charge >= 0.3 is 5.97 Å². The van der Waals surface area contributed by atoms with Gasteiger partial charge < -0.3 is 9.84 Å². The quantitative estimate of drug-likeness (QED) is 0.751. The fourth-order valence-corrected chi connectivity index (χ4v) is 6.06. The number of hydrogen-bond donors (Lipinski definition) is 1. The predicted octanol–water partition coefficient (Wildman–Crippen LogP) is 5.11. The molecule has 3 heteroatoms. The van der Waals surface area contributed by atoms with Crippen molar-refractivity contribution in [2.75, 3.05) is 7.11 Å². The Kier molecular flexibility index (Phi) is 3.96. The Morgan fingerprint density at radius 2 is 1.78 bits per heavy atom. The van der Waals surface area contributed by atoms with E-state index in [1.165, 1.54) is 35.6 Å². The first-order chi connectivity index (χ1) is 12.6. The third-order valence-corrected chi connectivity index (χ3v) is 7.95. The zero-order chi connectivity index (χ0) is 19.7. The van der Waals surface area contributed by atoms with Crippen molar-refractivity contribution < 1.29 is 14.6 Å². The van der Waals surface area contributed by atoms with E-state index >= 15 is 0 Å². The minimum Gasteiger partial charge on any atom is -0.478 e. The fourth-order valence-electron chi connectivity index (χ4n) is 6.06. The molecule has 3 aliphatic rings. The fraction of sp³-hybridized carbons (Fsp3) is 0.625. The van der Waals surface area contributed by atoms with Crippen LogP contribution in [0.25, 0.3) is 0 Å². The lowest BCUT2D eigenvalue weighted by atomic mass is 9.62. The van der Waals surface area contributed by atoms with Gasteiger partial charge in [-0.05, 0) is 71.6 Å². The minimum absolute atomic E-state index is 0.0690. The number of fused-ring (bicyclic) bond motifs is 2. The second kappa shape index (κ2) is 5.70. The van der Waals surface area contributed by atoms with Crippen LogP contribution in [-0.2, 0) is 25.8 Å². The number of methoxy groups -OCH3 is 1. The van der Waals surface area contributed by atoms with Crippen molar-refractivity contribution in [2.24, 2.45) is 5.92 Å². The van der Waals surface area contributed by atoms with Crippen molar-refractivity contribution in [2.45, 2.75) is 81.6 Å². The number of carboxylic acids is 1. The third-order valence-electron chi connectivity index (χ3n) is 7.95. The first-order valence-electron chi connectivity index (χ1n) is 10.2. The van der Waals surface area contributed by atoms with Crippen molar-refractivity contribution in [3.8, 4) is 0 Å². The lowest BCUT2D eigenvalue weighted by Gasteiger charge is -2.43. The van der Waals surface area contributed by atoms with Crippen LogP contribution in [0.5, 0.6) is 0 Å². The summed E-state index contributed by atoms with van der Waals surface area (Å²) in [5.74, 6) is -0.312. The van der Waals surface area contributed by atoms with Gasteiger partial charge in [0.1, 0.15) is 0 Å². The zero-order valence-corrected chi connectivity index (χ0v) is 17.3. The predicted molar refractivity (Wildman–Crippen MR) is 107 cm³/mol. The number of carbonyl (C=O) groups is 1. The van der Waals surface area contributed by atoms with Crippen molar-refractivity contribution in [3.63, 3.8) is 0 Å². The normalized spacial score (nSPS) is 35.7. The van der Waals surface area contributed by atoms with E-state index in [0.29, 0.717) is 5.92 Å². The van der Waals surface area contributed by atoms with Gasteiger partial charge in [0.25, 0.3) is 0 Å². The highest BCUT2D eigenvalue weighted by atomic mass is 16.5. The maximum absolute atomic E-state index is 11.2. The average Bonchev–Trinajstić information content (AvgIpc) is 3.28. The van der Waals surface area contributed by atoms with E-state index in [9.17, 15) is 9.90 Å². The molecule has 0 radical (unpaired) electrons. The first kappa shape index (κ1) is 18.7. The maximum atomic E-state index is 11.2. The molecule has 0 bridgehead atoms. The molecule has 0 aliphatic heterocycles. The van der Waals surface area contributed by atoms with E-state index < -0.39 is 11.6 Å². The molecule has 1 aromatic rings. The number of hydrogen-bond acceptors (Lipinski definition) is 2. The summed E-state index contributed by atoms with van der Waals surface area (Å²) in [4.78, 5) is 11.2. The topological polar surface area (TPSA) is 46.5 Å². The van der Waals surface area contributed by atoms with Gasteiger partial charge in [-0.25, -0.2) is 4.79 Å². The molecule has 3 nitrogen and oxygen atoms in total. The largest absolute Gasteiger partial charge is 0.478 e. The van der Waals surface area contributed by atoms with Crippen LogP contribution in [0.15, 0.2) is 30.4 Å². The molecule has 1 N–H and O–H groups in total. The Morgan fingerprint density at radius 1 is 1.11 bits per heavy atom. The van der Waals surface area contributed by atoms with Crippen molar-refractivity contribution in [3.05, 3.63) is 47.0 Å². The van der Waals surface area contributed by atoms with Crippen LogP contribution < -0.4 is 0 Å². The molecule has 0 heterocycles. The molecular formula is C24H32O3. The molecule has 3 unspecified atom stereocenters. The summed E-state index contributed by atoms with van der Waals surface area (Å²) < 4.78 is 6.05. The number of ether oxygens (including phenoxy) is 1. The number of carboxylic acid groups (broad SMARTS) is 1. The molecule has 0 spiro atoms. The van der Waals surface area contributed by atoms with E-state index in [2.05, 4.69) is 45.9 Å². The third kappa shape index (κ3) is 2.54. The summed E-state index contributed by atoms with van der Waals surface area (Å²) in [6, 6.07) is 7.08. The molecule has 4 rings (SSSR count). The molecular weight excluding hydrogens is 336 g/mol. The lowest BCUT2D eigenvalue weighted by molar-refractivity contribution is -0.131. The van der Waals surface area contributed by atoms with Crippen LogP contribution in [0.4, 0.5) is 0 Å². The van der Waals surface area contributed by atoms with E-state index in [-0.39, 0.29) is 16.2 Å². The Bertz CT molecular complexity index is 819. The molecule has 2 saturated carbocycles. The van der Waals surface area contributed by atoms with E-state index in [1.54, 1.807) is 7.11 Å². The Labute approximate surface area is 162 Å². The van der Waals surface area contributed by atoms with Crippen LogP contribution in [-0.4, -0.2) is 23.8 Å². The van der Waals surface area contributed by atoms with Gasteiger partial charge in [0.2, 0.25) is 0 Å². The van der Waals surface area contributed by atoms with Crippen LogP contribution in [0.1, 0.15) is 76.5 Å². The minimum atomic E-state index is -0.904. The van der Waals surface area contributed by atoms with Gasteiger partial charge in [0.05, 0.1) is 5.60 Å². The van der Waals surface area contributed by atoms with E-state index in [0.717, 1.165) is 19.3 Å². The maximum Gasteiger partial charge on any atom is 0.328 e. The Morgan fingerprint density at radius 3 is 2.37 bits per heavy atom. The van der Waals surface area contributed by atoms with Crippen LogP contribution in [0, 0.1) is 5.92 Å². The number of benzene rings is 1. The highest BCUT2D eigenvalue weighted by molar-refractivity contribution is 5.80. The van der Waals surface area contributed by atoms with Gasteiger partial charge in [-0.1, -0.05) is 45.9 Å². The second-order valence-corrected chi connectivity index (χ2v) is 10.2. The first-order valence-corrected chi connectivity index (χ1v) is 10.2. The van der Waals surface area contributed by atoms with Gasteiger partial charge in [0.15, 0.2) is 0 Å². The van der Waals surface area contributed by atoms with Gasteiger partial charge in [-0.15, -0.1) is 0 Å². The molecule has 0 amide bonds. The monoisotopic (exact) mass is 368 g/mol. The highest BCUT2D eigenvalue weighted by Crippen LogP contribution is 2.70. The molecule has 0 aromatic heterocycles. The molecule has 3 atom stereocenters. The summed E-state index contributed by atoms with van der Waals surface area (Å²) in [5.41, 5.74) is 4.09. The summed E-state index contributed by atoms with van der Waals surface area (Å²) >= 11 is 0. The van der Waals surface area contributed by atoms with Crippen LogP contribution >= 0.6 is 0 Å². The summed E-state index contributed by atoms with van der Waals surface area (Å²) in [6.45, 7) is 9.41.